The van der Waals surface area contributed by atoms with E-state index in [1.165, 1.54) is 0 Å². The van der Waals surface area contributed by atoms with Crippen LogP contribution in [0.2, 0.25) is 0 Å². The van der Waals surface area contributed by atoms with E-state index in [0.29, 0.717) is 6.04 Å². The molecular formula is C23H30N6O. The number of rotatable bonds is 4. The van der Waals surface area contributed by atoms with Gasteiger partial charge in [-0.3, -0.25) is 0 Å². The second kappa shape index (κ2) is 7.40. The number of phenols is 1. The van der Waals surface area contributed by atoms with Crippen molar-refractivity contribution >= 4 is 5.82 Å². The number of anilines is 1. The Hall–Kier alpha value is -2.93. The average Bonchev–Trinajstić information content (AvgIpc) is 3.16. The second-order valence-electron chi connectivity index (χ2n) is 9.50. The molecule has 0 radical (unpaired) electrons. The fourth-order valence-corrected chi connectivity index (χ4v) is 4.59. The third kappa shape index (κ3) is 4.31. The number of nitrogens with one attached hydrogen (secondary N) is 1. The third-order valence-corrected chi connectivity index (χ3v) is 5.69. The molecular weight excluding hydrogens is 376 g/mol. The maximum atomic E-state index is 9.45. The standard InChI is InChI=1S/C23H30N6O/c1-22(2)14-17(15-23(3,4)27-22)28(5)21-11-10-19(24-25-21)20-12-13-29(26-20)16-6-8-18(30)9-7-16/h6-13,17,27,30H,14-15H2,1-5H3. The first kappa shape index (κ1) is 20.3. The Morgan fingerprint density at radius 3 is 2.20 bits per heavy atom. The van der Waals surface area contributed by atoms with Crippen LogP contribution in [0.3, 0.4) is 0 Å². The molecule has 2 aromatic heterocycles. The highest BCUT2D eigenvalue weighted by Crippen LogP contribution is 2.32. The molecule has 0 amide bonds. The number of aromatic nitrogens is 4. The molecule has 158 valence electrons. The molecule has 4 rings (SSSR count). The van der Waals surface area contributed by atoms with Gasteiger partial charge in [-0.1, -0.05) is 0 Å². The van der Waals surface area contributed by atoms with Crippen LogP contribution in [-0.4, -0.2) is 49.3 Å². The summed E-state index contributed by atoms with van der Waals surface area (Å²) in [5, 5.41) is 26.7. The summed E-state index contributed by atoms with van der Waals surface area (Å²) in [4.78, 5) is 2.25. The molecule has 3 aromatic rings. The number of aromatic hydroxyl groups is 1. The molecule has 0 bridgehead atoms. The van der Waals surface area contributed by atoms with Crippen molar-refractivity contribution in [3.05, 3.63) is 48.7 Å². The Labute approximate surface area is 177 Å². The van der Waals surface area contributed by atoms with Gasteiger partial charge in [0.15, 0.2) is 5.82 Å². The Morgan fingerprint density at radius 1 is 0.933 bits per heavy atom. The minimum Gasteiger partial charge on any atom is -0.508 e. The number of hydrogen-bond donors (Lipinski definition) is 2. The minimum atomic E-state index is 0.0785. The zero-order chi connectivity index (χ0) is 21.5. The SMILES string of the molecule is CN(c1ccc(-c2ccn(-c3ccc(O)cc3)n2)nn1)C1CC(C)(C)NC(C)(C)C1. The lowest BCUT2D eigenvalue weighted by molar-refractivity contribution is 0.160. The van der Waals surface area contributed by atoms with E-state index < -0.39 is 0 Å². The summed E-state index contributed by atoms with van der Waals surface area (Å²) in [6.07, 6.45) is 3.98. The largest absolute Gasteiger partial charge is 0.508 e. The predicted molar refractivity (Wildman–Crippen MR) is 119 cm³/mol. The van der Waals surface area contributed by atoms with E-state index in [9.17, 15) is 5.11 Å². The first-order valence-electron chi connectivity index (χ1n) is 10.3. The molecule has 0 atom stereocenters. The summed E-state index contributed by atoms with van der Waals surface area (Å²) in [5.74, 6) is 1.10. The van der Waals surface area contributed by atoms with E-state index in [-0.39, 0.29) is 16.8 Å². The normalized spacial score (nSPS) is 18.3. The van der Waals surface area contributed by atoms with Gasteiger partial charge in [0.2, 0.25) is 0 Å². The highest BCUT2D eigenvalue weighted by Gasteiger charge is 2.39. The van der Waals surface area contributed by atoms with Gasteiger partial charge in [0.1, 0.15) is 17.1 Å². The molecule has 7 heteroatoms. The maximum absolute atomic E-state index is 9.45. The van der Waals surface area contributed by atoms with E-state index in [2.05, 4.69) is 60.3 Å². The van der Waals surface area contributed by atoms with Crippen LogP contribution in [0, 0.1) is 0 Å². The van der Waals surface area contributed by atoms with Crippen molar-refractivity contribution in [1.82, 2.24) is 25.3 Å². The quantitative estimate of drug-likeness (QED) is 0.686. The molecule has 1 aliphatic rings. The van der Waals surface area contributed by atoms with Crippen molar-refractivity contribution in [3.8, 4) is 22.8 Å². The monoisotopic (exact) mass is 406 g/mol. The molecule has 2 N–H and O–H groups in total. The summed E-state index contributed by atoms with van der Waals surface area (Å²) in [6.45, 7) is 9.03. The van der Waals surface area contributed by atoms with Gasteiger partial charge in [-0.05, 0) is 83.0 Å². The third-order valence-electron chi connectivity index (χ3n) is 5.69. The molecule has 7 nitrogen and oxygen atoms in total. The van der Waals surface area contributed by atoms with Gasteiger partial charge in [0.05, 0.1) is 5.69 Å². The van der Waals surface area contributed by atoms with E-state index >= 15 is 0 Å². The van der Waals surface area contributed by atoms with Gasteiger partial charge < -0.3 is 15.3 Å². The fourth-order valence-electron chi connectivity index (χ4n) is 4.59. The van der Waals surface area contributed by atoms with Gasteiger partial charge in [-0.15, -0.1) is 10.2 Å². The van der Waals surface area contributed by atoms with Gasteiger partial charge >= 0.3 is 0 Å². The lowest BCUT2D eigenvalue weighted by atomic mass is 9.79. The molecule has 0 aliphatic carbocycles. The number of piperidine rings is 1. The Morgan fingerprint density at radius 2 is 1.60 bits per heavy atom. The van der Waals surface area contributed by atoms with Crippen molar-refractivity contribution in [2.24, 2.45) is 0 Å². The lowest BCUT2D eigenvalue weighted by Crippen LogP contribution is -2.62. The van der Waals surface area contributed by atoms with Gasteiger partial charge in [-0.25, -0.2) is 4.68 Å². The molecule has 30 heavy (non-hydrogen) atoms. The highest BCUT2D eigenvalue weighted by atomic mass is 16.3. The van der Waals surface area contributed by atoms with E-state index in [1.807, 2.05) is 36.5 Å². The topological polar surface area (TPSA) is 79.1 Å². The van der Waals surface area contributed by atoms with Crippen LogP contribution in [0.15, 0.2) is 48.7 Å². The Bertz CT molecular complexity index is 991. The van der Waals surface area contributed by atoms with E-state index in [0.717, 1.165) is 35.7 Å². The van der Waals surface area contributed by atoms with Crippen LogP contribution >= 0.6 is 0 Å². The Balaban J connectivity index is 1.51. The zero-order valence-electron chi connectivity index (χ0n) is 18.3. The summed E-state index contributed by atoms with van der Waals surface area (Å²) < 4.78 is 1.76. The number of phenolic OH excluding ortho intramolecular Hbond substituents is 1. The summed E-state index contributed by atoms with van der Waals surface area (Å²) >= 11 is 0. The summed E-state index contributed by atoms with van der Waals surface area (Å²) in [5.41, 5.74) is 2.52. The lowest BCUT2D eigenvalue weighted by Gasteiger charge is -2.49. The molecule has 3 heterocycles. The van der Waals surface area contributed by atoms with Crippen LogP contribution in [0.1, 0.15) is 40.5 Å². The smallest absolute Gasteiger partial charge is 0.151 e. The van der Waals surface area contributed by atoms with Crippen molar-refractivity contribution in [3.63, 3.8) is 0 Å². The zero-order valence-corrected chi connectivity index (χ0v) is 18.3. The first-order chi connectivity index (χ1) is 14.1. The van der Waals surface area contributed by atoms with Crippen molar-refractivity contribution < 1.29 is 5.11 Å². The molecule has 1 saturated heterocycles. The molecule has 1 fully saturated rings. The van der Waals surface area contributed by atoms with Crippen LogP contribution in [0.25, 0.3) is 17.1 Å². The molecule has 1 aliphatic heterocycles. The van der Waals surface area contributed by atoms with E-state index in [1.54, 1.807) is 16.8 Å². The predicted octanol–water partition coefficient (Wildman–Crippen LogP) is 3.78. The molecule has 0 saturated carbocycles. The average molecular weight is 407 g/mol. The first-order valence-corrected chi connectivity index (χ1v) is 10.3. The summed E-state index contributed by atoms with van der Waals surface area (Å²) in [7, 11) is 2.10. The van der Waals surface area contributed by atoms with Crippen LogP contribution < -0.4 is 10.2 Å². The fraction of sp³-hybridized carbons (Fsp3) is 0.435. The van der Waals surface area contributed by atoms with Crippen molar-refractivity contribution in [2.75, 3.05) is 11.9 Å². The molecule has 0 spiro atoms. The highest BCUT2D eigenvalue weighted by molar-refractivity contribution is 5.55. The number of nitrogens with zero attached hydrogens (tertiary/aromatic N) is 5. The minimum absolute atomic E-state index is 0.0785. The van der Waals surface area contributed by atoms with Crippen molar-refractivity contribution in [1.29, 1.82) is 0 Å². The van der Waals surface area contributed by atoms with Gasteiger partial charge in [0.25, 0.3) is 0 Å². The van der Waals surface area contributed by atoms with Crippen molar-refractivity contribution in [2.45, 2.75) is 57.7 Å². The van der Waals surface area contributed by atoms with Gasteiger partial charge in [0, 0.05) is 30.4 Å². The Kier molecular flexibility index (Phi) is 5.02. The number of hydrogen-bond acceptors (Lipinski definition) is 6. The van der Waals surface area contributed by atoms with Gasteiger partial charge in [-0.2, -0.15) is 5.10 Å². The van der Waals surface area contributed by atoms with Crippen LogP contribution in [0.5, 0.6) is 5.75 Å². The summed E-state index contributed by atoms with van der Waals surface area (Å²) in [6, 6.07) is 13.2. The molecule has 1 aromatic carbocycles. The maximum Gasteiger partial charge on any atom is 0.151 e. The second-order valence-corrected chi connectivity index (χ2v) is 9.50. The molecule has 0 unspecified atom stereocenters. The van der Waals surface area contributed by atoms with Crippen LogP contribution in [0.4, 0.5) is 5.82 Å². The van der Waals surface area contributed by atoms with Crippen LogP contribution in [-0.2, 0) is 0 Å². The number of benzene rings is 1. The van der Waals surface area contributed by atoms with E-state index in [4.69, 9.17) is 0 Å².